The molecule has 2 aromatic heterocycles. The Balaban J connectivity index is 1.75. The standard InChI is InChI=1S/C20H22BrN5O/c1-12-8-13(2)24-20(23-12)26-15(4)18(14(3)25-26)10-19(27)22-11-16-6-5-7-17(21)9-16/h5-9H,10-11H2,1-4H3,(H,22,27). The van der Waals surface area contributed by atoms with Gasteiger partial charge in [-0.05, 0) is 51.5 Å². The van der Waals surface area contributed by atoms with E-state index < -0.39 is 0 Å². The second-order valence-corrected chi connectivity index (χ2v) is 7.51. The Morgan fingerprint density at radius 3 is 2.48 bits per heavy atom. The molecule has 0 radical (unpaired) electrons. The van der Waals surface area contributed by atoms with Crippen LogP contribution in [-0.4, -0.2) is 25.7 Å². The van der Waals surface area contributed by atoms with Crippen molar-refractivity contribution in [3.8, 4) is 5.95 Å². The van der Waals surface area contributed by atoms with E-state index in [-0.39, 0.29) is 12.3 Å². The number of nitrogens with zero attached hydrogens (tertiary/aromatic N) is 4. The summed E-state index contributed by atoms with van der Waals surface area (Å²) in [6, 6.07) is 9.81. The van der Waals surface area contributed by atoms with Gasteiger partial charge in [-0.1, -0.05) is 28.1 Å². The Kier molecular flexibility index (Phi) is 5.70. The van der Waals surface area contributed by atoms with Gasteiger partial charge in [0.1, 0.15) is 0 Å². The van der Waals surface area contributed by atoms with Crippen molar-refractivity contribution in [3.63, 3.8) is 0 Å². The maximum atomic E-state index is 12.4. The molecule has 0 bridgehead atoms. The molecule has 6 nitrogen and oxygen atoms in total. The first-order valence-corrected chi connectivity index (χ1v) is 9.51. The van der Waals surface area contributed by atoms with Gasteiger partial charge in [0.15, 0.2) is 0 Å². The molecule has 0 saturated carbocycles. The number of aromatic nitrogens is 4. The topological polar surface area (TPSA) is 72.7 Å². The van der Waals surface area contributed by atoms with E-state index in [1.807, 2.05) is 58.0 Å². The Morgan fingerprint density at radius 1 is 1.11 bits per heavy atom. The molecule has 0 atom stereocenters. The smallest absolute Gasteiger partial charge is 0.251 e. The Bertz CT molecular complexity index is 976. The number of aryl methyl sites for hydroxylation is 3. The summed E-state index contributed by atoms with van der Waals surface area (Å²) in [5.41, 5.74) is 5.43. The number of carbonyl (C=O) groups is 1. The fourth-order valence-corrected chi connectivity index (χ4v) is 3.44. The molecule has 3 rings (SSSR count). The van der Waals surface area contributed by atoms with Crippen molar-refractivity contribution < 1.29 is 4.79 Å². The molecule has 2 heterocycles. The number of rotatable bonds is 5. The SMILES string of the molecule is Cc1cc(C)nc(-n2nc(C)c(CC(=O)NCc3cccc(Br)c3)c2C)n1. The number of halogens is 1. The third kappa shape index (κ3) is 4.60. The van der Waals surface area contributed by atoms with Gasteiger partial charge in [0.25, 0.3) is 5.95 Å². The van der Waals surface area contributed by atoms with Crippen LogP contribution in [-0.2, 0) is 17.8 Å². The summed E-state index contributed by atoms with van der Waals surface area (Å²) in [4.78, 5) is 21.4. The molecule has 0 aliphatic heterocycles. The van der Waals surface area contributed by atoms with Gasteiger partial charge in [-0.15, -0.1) is 0 Å². The molecule has 0 spiro atoms. The molecule has 3 aromatic rings. The maximum absolute atomic E-state index is 12.4. The summed E-state index contributed by atoms with van der Waals surface area (Å²) in [7, 11) is 0. The van der Waals surface area contributed by atoms with E-state index in [2.05, 4.69) is 36.3 Å². The van der Waals surface area contributed by atoms with Crippen molar-refractivity contribution in [2.24, 2.45) is 0 Å². The number of benzene rings is 1. The minimum atomic E-state index is -0.0398. The molecule has 140 valence electrons. The highest BCUT2D eigenvalue weighted by atomic mass is 79.9. The molecule has 7 heteroatoms. The van der Waals surface area contributed by atoms with E-state index in [1.165, 1.54) is 0 Å². The van der Waals surface area contributed by atoms with Crippen LogP contribution < -0.4 is 5.32 Å². The van der Waals surface area contributed by atoms with E-state index in [0.717, 1.165) is 38.4 Å². The van der Waals surface area contributed by atoms with Crippen molar-refractivity contribution in [3.05, 3.63) is 68.7 Å². The number of carbonyl (C=O) groups excluding carboxylic acids is 1. The highest BCUT2D eigenvalue weighted by Crippen LogP contribution is 2.17. The number of amides is 1. The summed E-state index contributed by atoms with van der Waals surface area (Å²) in [6.45, 7) is 8.20. The summed E-state index contributed by atoms with van der Waals surface area (Å²) in [6.07, 6.45) is 0.274. The molecule has 1 N–H and O–H groups in total. The van der Waals surface area contributed by atoms with Gasteiger partial charge in [0.2, 0.25) is 5.91 Å². The van der Waals surface area contributed by atoms with Crippen LogP contribution in [0.3, 0.4) is 0 Å². The summed E-state index contributed by atoms with van der Waals surface area (Å²) in [5, 5.41) is 7.52. The quantitative estimate of drug-likeness (QED) is 0.675. The number of nitrogens with one attached hydrogen (secondary N) is 1. The Morgan fingerprint density at radius 2 is 1.81 bits per heavy atom. The zero-order valence-electron chi connectivity index (χ0n) is 15.9. The largest absolute Gasteiger partial charge is 0.352 e. The minimum absolute atomic E-state index is 0.0398. The molecule has 1 aromatic carbocycles. The molecule has 0 saturated heterocycles. The Labute approximate surface area is 167 Å². The first-order chi connectivity index (χ1) is 12.8. The van der Waals surface area contributed by atoms with Crippen molar-refractivity contribution in [2.75, 3.05) is 0 Å². The van der Waals surface area contributed by atoms with Crippen molar-refractivity contribution in [2.45, 2.75) is 40.7 Å². The van der Waals surface area contributed by atoms with Crippen LogP contribution in [0.15, 0.2) is 34.8 Å². The first kappa shape index (κ1) is 19.2. The molecule has 27 heavy (non-hydrogen) atoms. The predicted molar refractivity (Wildman–Crippen MR) is 108 cm³/mol. The molecule has 0 aliphatic rings. The third-order valence-electron chi connectivity index (χ3n) is 4.32. The van der Waals surface area contributed by atoms with E-state index in [1.54, 1.807) is 4.68 Å². The van der Waals surface area contributed by atoms with Gasteiger partial charge in [0, 0.05) is 33.7 Å². The van der Waals surface area contributed by atoms with Crippen LogP contribution in [0.1, 0.15) is 33.9 Å². The molecule has 0 fully saturated rings. The zero-order valence-corrected chi connectivity index (χ0v) is 17.5. The molecule has 0 aliphatic carbocycles. The lowest BCUT2D eigenvalue weighted by atomic mass is 10.1. The van der Waals surface area contributed by atoms with Crippen LogP contribution in [0.25, 0.3) is 5.95 Å². The number of hydrogen-bond acceptors (Lipinski definition) is 4. The second kappa shape index (κ2) is 8.00. The minimum Gasteiger partial charge on any atom is -0.352 e. The van der Waals surface area contributed by atoms with Gasteiger partial charge < -0.3 is 5.32 Å². The van der Waals surface area contributed by atoms with Crippen LogP contribution in [0.5, 0.6) is 0 Å². The number of hydrogen-bond donors (Lipinski definition) is 1. The highest BCUT2D eigenvalue weighted by Gasteiger charge is 2.17. The third-order valence-corrected chi connectivity index (χ3v) is 4.81. The Hall–Kier alpha value is -2.54. The van der Waals surface area contributed by atoms with Gasteiger partial charge in [-0.25, -0.2) is 14.6 Å². The van der Waals surface area contributed by atoms with Gasteiger partial charge >= 0.3 is 0 Å². The van der Waals surface area contributed by atoms with Gasteiger partial charge in [0.05, 0.1) is 12.1 Å². The van der Waals surface area contributed by atoms with E-state index in [4.69, 9.17) is 0 Å². The normalized spacial score (nSPS) is 10.9. The zero-order chi connectivity index (χ0) is 19.6. The first-order valence-electron chi connectivity index (χ1n) is 8.72. The average Bonchev–Trinajstić information content (AvgIpc) is 2.87. The maximum Gasteiger partial charge on any atom is 0.251 e. The van der Waals surface area contributed by atoms with Gasteiger partial charge in [-0.2, -0.15) is 5.10 Å². The van der Waals surface area contributed by atoms with Crippen LogP contribution in [0.2, 0.25) is 0 Å². The monoisotopic (exact) mass is 427 g/mol. The highest BCUT2D eigenvalue weighted by molar-refractivity contribution is 9.10. The van der Waals surface area contributed by atoms with Gasteiger partial charge in [-0.3, -0.25) is 4.79 Å². The fourth-order valence-electron chi connectivity index (χ4n) is 3.00. The summed E-state index contributed by atoms with van der Waals surface area (Å²) < 4.78 is 2.71. The lowest BCUT2D eigenvalue weighted by Gasteiger charge is -2.07. The molecular weight excluding hydrogens is 406 g/mol. The fraction of sp³-hybridized carbons (Fsp3) is 0.300. The second-order valence-electron chi connectivity index (χ2n) is 6.60. The molecular formula is C20H22BrN5O. The van der Waals surface area contributed by atoms with Crippen LogP contribution in [0, 0.1) is 27.7 Å². The van der Waals surface area contributed by atoms with E-state index >= 15 is 0 Å². The van der Waals surface area contributed by atoms with Crippen molar-refractivity contribution >= 4 is 21.8 Å². The van der Waals surface area contributed by atoms with Crippen molar-refractivity contribution in [1.29, 1.82) is 0 Å². The van der Waals surface area contributed by atoms with Crippen LogP contribution >= 0.6 is 15.9 Å². The lowest BCUT2D eigenvalue weighted by molar-refractivity contribution is -0.120. The lowest BCUT2D eigenvalue weighted by Crippen LogP contribution is -2.25. The van der Waals surface area contributed by atoms with E-state index in [0.29, 0.717) is 12.5 Å². The molecule has 0 unspecified atom stereocenters. The van der Waals surface area contributed by atoms with Crippen LogP contribution in [0.4, 0.5) is 0 Å². The molecule has 1 amide bonds. The van der Waals surface area contributed by atoms with E-state index in [9.17, 15) is 4.79 Å². The summed E-state index contributed by atoms with van der Waals surface area (Å²) in [5.74, 6) is 0.496. The average molecular weight is 428 g/mol. The summed E-state index contributed by atoms with van der Waals surface area (Å²) >= 11 is 3.44. The predicted octanol–water partition coefficient (Wildman–Crippen LogP) is 3.52. The van der Waals surface area contributed by atoms with Crippen molar-refractivity contribution in [1.82, 2.24) is 25.1 Å².